The van der Waals surface area contributed by atoms with Crippen LogP contribution < -0.4 is 10.6 Å². The smallest absolute Gasteiger partial charge is 0.279 e. The zero-order chi connectivity index (χ0) is 14.1. The number of nitrogens with one attached hydrogen (secondary N) is 2. The second-order valence-corrected chi connectivity index (χ2v) is 5.37. The number of hydrogen-bond donors (Lipinski definition) is 2. The minimum Gasteiger partial charge on any atom is -0.347 e. The summed E-state index contributed by atoms with van der Waals surface area (Å²) in [6, 6.07) is 0.565. The van der Waals surface area contributed by atoms with E-state index < -0.39 is 11.7 Å². The van der Waals surface area contributed by atoms with Crippen LogP contribution in [0.2, 0.25) is 0 Å². The molecule has 1 aliphatic rings. The Kier molecular flexibility index (Phi) is 7.72. The predicted octanol–water partition coefficient (Wildman–Crippen LogP) is 3.07. The Morgan fingerprint density at radius 3 is 2.63 bits per heavy atom. The molecule has 0 aromatic carbocycles. The van der Waals surface area contributed by atoms with Gasteiger partial charge in [0.15, 0.2) is 5.83 Å². The fourth-order valence-electron chi connectivity index (χ4n) is 2.52. The minimum absolute atomic E-state index is 0.115. The van der Waals surface area contributed by atoms with E-state index >= 15 is 0 Å². The lowest BCUT2D eigenvalue weighted by Gasteiger charge is -2.12. The minimum atomic E-state index is -0.621. The van der Waals surface area contributed by atoms with Gasteiger partial charge in [-0.05, 0) is 45.2 Å². The van der Waals surface area contributed by atoms with E-state index in [-0.39, 0.29) is 6.04 Å². The van der Waals surface area contributed by atoms with E-state index in [1.165, 1.54) is 18.9 Å². The van der Waals surface area contributed by atoms with Crippen LogP contribution in [0.3, 0.4) is 0 Å². The third-order valence-electron chi connectivity index (χ3n) is 3.77. The lowest BCUT2D eigenvalue weighted by molar-refractivity contribution is -0.119. The van der Waals surface area contributed by atoms with Crippen LogP contribution in [0.5, 0.6) is 0 Å². The summed E-state index contributed by atoms with van der Waals surface area (Å²) in [5.74, 6) is -1.17. The number of carbonyl (C=O) groups excluding carboxylic acids is 1. The molecule has 0 unspecified atom stereocenters. The van der Waals surface area contributed by atoms with Crippen molar-refractivity contribution in [3.8, 4) is 0 Å². The molecular formula is C15H27FN2O. The quantitative estimate of drug-likeness (QED) is 0.526. The SMILES string of the molecule is CCCCCC/C=C(\F)C(=O)N[C@@H]1CC[C@H](NC)C1. The van der Waals surface area contributed by atoms with Crippen LogP contribution in [-0.2, 0) is 4.79 Å². The Hall–Kier alpha value is -0.900. The number of halogens is 1. The van der Waals surface area contributed by atoms with Gasteiger partial charge >= 0.3 is 0 Å². The van der Waals surface area contributed by atoms with Crippen molar-refractivity contribution in [3.63, 3.8) is 0 Å². The molecule has 1 saturated carbocycles. The molecule has 0 spiro atoms. The van der Waals surface area contributed by atoms with Crippen molar-refractivity contribution >= 4 is 5.91 Å². The molecular weight excluding hydrogens is 243 g/mol. The van der Waals surface area contributed by atoms with E-state index in [0.29, 0.717) is 12.5 Å². The number of hydrogen-bond acceptors (Lipinski definition) is 2. The molecule has 0 saturated heterocycles. The molecule has 110 valence electrons. The number of unbranched alkanes of at least 4 members (excludes halogenated alkanes) is 4. The van der Waals surface area contributed by atoms with Gasteiger partial charge in [0.2, 0.25) is 0 Å². The fourth-order valence-corrected chi connectivity index (χ4v) is 2.52. The van der Waals surface area contributed by atoms with Crippen molar-refractivity contribution in [1.29, 1.82) is 0 Å². The van der Waals surface area contributed by atoms with E-state index in [0.717, 1.165) is 32.1 Å². The third-order valence-corrected chi connectivity index (χ3v) is 3.77. The van der Waals surface area contributed by atoms with Gasteiger partial charge < -0.3 is 10.6 Å². The van der Waals surface area contributed by atoms with Gasteiger partial charge in [0.1, 0.15) is 0 Å². The van der Waals surface area contributed by atoms with Crippen LogP contribution in [0.25, 0.3) is 0 Å². The summed E-state index contributed by atoms with van der Waals surface area (Å²) in [4.78, 5) is 11.6. The average molecular weight is 270 g/mol. The van der Waals surface area contributed by atoms with E-state index in [1.807, 2.05) is 7.05 Å². The summed E-state index contributed by atoms with van der Waals surface area (Å²) in [7, 11) is 1.92. The van der Waals surface area contributed by atoms with Crippen LogP contribution in [0.4, 0.5) is 4.39 Å². The molecule has 1 amide bonds. The topological polar surface area (TPSA) is 41.1 Å². The fraction of sp³-hybridized carbons (Fsp3) is 0.800. The molecule has 0 aromatic heterocycles. The van der Waals surface area contributed by atoms with Crippen molar-refractivity contribution in [2.24, 2.45) is 0 Å². The maximum Gasteiger partial charge on any atom is 0.279 e. The molecule has 0 aliphatic heterocycles. The van der Waals surface area contributed by atoms with Gasteiger partial charge in [-0.15, -0.1) is 0 Å². The van der Waals surface area contributed by atoms with Crippen LogP contribution in [0.15, 0.2) is 11.9 Å². The van der Waals surface area contributed by atoms with Gasteiger partial charge in [0.05, 0.1) is 0 Å². The zero-order valence-corrected chi connectivity index (χ0v) is 12.2. The second kappa shape index (κ2) is 9.08. The van der Waals surface area contributed by atoms with Gasteiger partial charge in [-0.2, -0.15) is 0 Å². The first-order valence-electron chi connectivity index (χ1n) is 7.51. The Morgan fingerprint density at radius 1 is 1.26 bits per heavy atom. The van der Waals surface area contributed by atoms with Crippen molar-refractivity contribution in [2.75, 3.05) is 7.05 Å². The van der Waals surface area contributed by atoms with E-state index in [9.17, 15) is 9.18 Å². The summed E-state index contributed by atoms with van der Waals surface area (Å²) >= 11 is 0. The molecule has 1 aliphatic carbocycles. The maximum absolute atomic E-state index is 13.6. The number of allylic oxidation sites excluding steroid dienone is 1. The summed E-state index contributed by atoms with van der Waals surface area (Å²) in [6.07, 6.45) is 9.36. The van der Waals surface area contributed by atoms with Crippen molar-refractivity contribution in [2.45, 2.75) is 70.4 Å². The molecule has 4 heteroatoms. The molecule has 1 rings (SSSR count). The van der Waals surface area contributed by atoms with Gasteiger partial charge in [0.25, 0.3) is 5.91 Å². The molecule has 0 bridgehead atoms. The lowest BCUT2D eigenvalue weighted by atomic mass is 10.1. The van der Waals surface area contributed by atoms with Crippen LogP contribution in [-0.4, -0.2) is 25.0 Å². The van der Waals surface area contributed by atoms with E-state index in [1.54, 1.807) is 0 Å². The highest BCUT2D eigenvalue weighted by Gasteiger charge is 2.25. The van der Waals surface area contributed by atoms with E-state index in [4.69, 9.17) is 0 Å². The Morgan fingerprint density at radius 2 is 2.00 bits per heavy atom. The van der Waals surface area contributed by atoms with Crippen molar-refractivity contribution in [3.05, 3.63) is 11.9 Å². The van der Waals surface area contributed by atoms with Gasteiger partial charge in [-0.25, -0.2) is 4.39 Å². The highest BCUT2D eigenvalue weighted by atomic mass is 19.1. The zero-order valence-electron chi connectivity index (χ0n) is 12.2. The largest absolute Gasteiger partial charge is 0.347 e. The average Bonchev–Trinajstić information content (AvgIpc) is 2.85. The van der Waals surface area contributed by atoms with Crippen LogP contribution in [0.1, 0.15) is 58.3 Å². The number of rotatable bonds is 8. The summed E-state index contributed by atoms with van der Waals surface area (Å²) in [5.41, 5.74) is 0. The third kappa shape index (κ3) is 6.19. The number of amides is 1. The predicted molar refractivity (Wildman–Crippen MR) is 76.6 cm³/mol. The first kappa shape index (κ1) is 16.2. The van der Waals surface area contributed by atoms with Crippen molar-refractivity contribution < 1.29 is 9.18 Å². The number of carbonyl (C=O) groups is 1. The van der Waals surface area contributed by atoms with Gasteiger partial charge in [0, 0.05) is 12.1 Å². The van der Waals surface area contributed by atoms with Gasteiger partial charge in [-0.1, -0.05) is 26.2 Å². The normalized spacial score (nSPS) is 23.6. The van der Waals surface area contributed by atoms with Gasteiger partial charge in [-0.3, -0.25) is 4.79 Å². The summed E-state index contributed by atoms with van der Waals surface area (Å²) in [5, 5.41) is 5.96. The molecule has 0 radical (unpaired) electrons. The molecule has 1 fully saturated rings. The monoisotopic (exact) mass is 270 g/mol. The molecule has 0 aromatic rings. The first-order valence-corrected chi connectivity index (χ1v) is 7.51. The first-order chi connectivity index (χ1) is 9.17. The molecule has 2 atom stereocenters. The van der Waals surface area contributed by atoms with Crippen LogP contribution in [0, 0.1) is 0 Å². The highest BCUT2D eigenvalue weighted by Crippen LogP contribution is 2.19. The molecule has 2 N–H and O–H groups in total. The standard InChI is InChI=1S/C15H27FN2O/c1-3-4-5-6-7-8-14(16)15(19)18-13-10-9-12(11-13)17-2/h8,12-13,17H,3-7,9-11H2,1-2H3,(H,18,19)/b14-8-/t12-,13+/m0/s1. The Bertz CT molecular complexity index is 305. The Labute approximate surface area is 116 Å². The summed E-state index contributed by atoms with van der Waals surface area (Å²) < 4.78 is 13.6. The molecule has 0 heterocycles. The highest BCUT2D eigenvalue weighted by molar-refractivity contribution is 5.91. The lowest BCUT2D eigenvalue weighted by Crippen LogP contribution is -2.34. The molecule has 19 heavy (non-hydrogen) atoms. The van der Waals surface area contributed by atoms with Crippen molar-refractivity contribution in [1.82, 2.24) is 10.6 Å². The van der Waals surface area contributed by atoms with E-state index in [2.05, 4.69) is 17.6 Å². The second-order valence-electron chi connectivity index (χ2n) is 5.37. The Balaban J connectivity index is 2.22. The van der Waals surface area contributed by atoms with Crippen LogP contribution >= 0.6 is 0 Å². The summed E-state index contributed by atoms with van der Waals surface area (Å²) in [6.45, 7) is 2.14. The maximum atomic E-state index is 13.6. The molecule has 3 nitrogen and oxygen atoms in total.